The average molecular weight is 610 g/mol. The maximum absolute atomic E-state index is 13.0. The van der Waals surface area contributed by atoms with Gasteiger partial charge in [-0.15, -0.1) is 0 Å². The van der Waals surface area contributed by atoms with E-state index in [2.05, 4.69) is 4.98 Å². The summed E-state index contributed by atoms with van der Waals surface area (Å²) in [5.41, 5.74) is -0.426. The van der Waals surface area contributed by atoms with E-state index in [9.17, 15) is 26.4 Å². The molecule has 2 heterocycles. The van der Waals surface area contributed by atoms with Crippen LogP contribution in [0.15, 0.2) is 30.5 Å². The number of pyridine rings is 1. The number of hydrogen-bond acceptors (Lipinski definition) is 8. The van der Waals surface area contributed by atoms with Crippen molar-refractivity contribution in [3.8, 4) is 17.4 Å². The number of methoxy groups -OCH3 is 1. The first-order valence-electron chi connectivity index (χ1n) is 12.5. The molecule has 0 bridgehead atoms. The summed E-state index contributed by atoms with van der Waals surface area (Å²) in [6, 6.07) is 5.59. The van der Waals surface area contributed by atoms with Gasteiger partial charge in [0.25, 0.3) is 0 Å². The van der Waals surface area contributed by atoms with Gasteiger partial charge in [-0.2, -0.15) is 25.9 Å². The zero-order chi connectivity index (χ0) is 29.3. The van der Waals surface area contributed by atoms with E-state index in [1.807, 2.05) is 11.6 Å². The molecule has 0 atom stereocenters. The number of amides is 1. The minimum atomic E-state index is -4.62. The van der Waals surface area contributed by atoms with Gasteiger partial charge in [-0.05, 0) is 49.3 Å². The Balaban J connectivity index is 1.62. The molecule has 1 fully saturated rings. The second kappa shape index (κ2) is 14.2. The Hall–Kier alpha value is -2.81. The normalized spacial score (nSPS) is 15.1. The number of nitrogens with zero attached hydrogens (tertiary/aromatic N) is 2. The number of nitrogens with one attached hydrogen (secondary N) is 1. The Bertz CT molecular complexity index is 1260. The van der Waals surface area contributed by atoms with E-state index in [1.165, 1.54) is 17.5 Å². The van der Waals surface area contributed by atoms with Crippen molar-refractivity contribution in [3.05, 3.63) is 46.6 Å². The van der Waals surface area contributed by atoms with Crippen LogP contribution in [0.25, 0.3) is 0 Å². The number of piperidine rings is 1. The number of rotatable bonds is 12. The molecule has 3 rings (SSSR count). The molecule has 2 aromatic rings. The molecule has 222 valence electrons. The molecule has 15 heteroatoms. The Morgan fingerprint density at radius 3 is 2.55 bits per heavy atom. The molecule has 0 radical (unpaired) electrons. The average Bonchev–Trinajstić information content (AvgIpc) is 2.88. The summed E-state index contributed by atoms with van der Waals surface area (Å²) in [6.07, 6.45) is -3.08. The highest BCUT2D eigenvalue weighted by molar-refractivity contribution is 7.87. The third kappa shape index (κ3) is 9.39. The van der Waals surface area contributed by atoms with Gasteiger partial charge in [0.15, 0.2) is 0 Å². The number of carbonyl (C=O) groups is 1. The van der Waals surface area contributed by atoms with Gasteiger partial charge in [0.2, 0.25) is 5.88 Å². The molecule has 1 aliphatic heterocycles. The van der Waals surface area contributed by atoms with E-state index in [1.54, 1.807) is 12.1 Å². The van der Waals surface area contributed by atoms with Crippen molar-refractivity contribution >= 4 is 27.9 Å². The van der Waals surface area contributed by atoms with Crippen LogP contribution in [0.1, 0.15) is 37.3 Å². The molecule has 1 aromatic carbocycles. The summed E-state index contributed by atoms with van der Waals surface area (Å²) in [7, 11) is -2.47. The first-order chi connectivity index (χ1) is 18.9. The second-order valence-electron chi connectivity index (χ2n) is 9.15. The zero-order valence-electron chi connectivity index (χ0n) is 22.0. The molecule has 0 aliphatic carbocycles. The number of benzene rings is 1. The number of aromatic nitrogens is 1. The van der Waals surface area contributed by atoms with Crippen molar-refractivity contribution in [1.82, 2.24) is 14.0 Å². The first kappa shape index (κ1) is 31.7. The first-order valence-corrected chi connectivity index (χ1v) is 14.3. The van der Waals surface area contributed by atoms with Crippen molar-refractivity contribution in [2.24, 2.45) is 5.92 Å². The minimum absolute atomic E-state index is 0.108. The second-order valence-corrected chi connectivity index (χ2v) is 11.2. The van der Waals surface area contributed by atoms with Crippen LogP contribution in [0.4, 0.5) is 18.0 Å². The monoisotopic (exact) mass is 609 g/mol. The quantitative estimate of drug-likeness (QED) is 0.326. The number of halogens is 4. The lowest BCUT2D eigenvalue weighted by atomic mass is 10.0. The smallest absolute Gasteiger partial charge is 0.421 e. The highest BCUT2D eigenvalue weighted by Gasteiger charge is 2.32. The maximum Gasteiger partial charge on any atom is 0.421 e. The maximum atomic E-state index is 13.0. The largest absolute Gasteiger partial charge is 0.491 e. The Morgan fingerprint density at radius 1 is 1.18 bits per heavy atom. The van der Waals surface area contributed by atoms with Crippen molar-refractivity contribution in [1.29, 1.82) is 0 Å². The van der Waals surface area contributed by atoms with Gasteiger partial charge in [0.05, 0.1) is 18.8 Å². The molecule has 0 saturated carbocycles. The van der Waals surface area contributed by atoms with Gasteiger partial charge in [-0.25, -0.2) is 14.5 Å². The predicted octanol–water partition coefficient (Wildman–Crippen LogP) is 5.21. The Labute approximate surface area is 235 Å². The summed E-state index contributed by atoms with van der Waals surface area (Å²) in [5.74, 6) is 0.810. The third-order valence-electron chi connectivity index (χ3n) is 6.05. The van der Waals surface area contributed by atoms with Crippen LogP contribution in [0.3, 0.4) is 0 Å². The van der Waals surface area contributed by atoms with Crippen LogP contribution in [-0.4, -0.2) is 63.8 Å². The zero-order valence-corrected chi connectivity index (χ0v) is 23.6. The molecule has 40 heavy (non-hydrogen) atoms. The van der Waals surface area contributed by atoms with Crippen LogP contribution < -0.4 is 14.2 Å². The summed E-state index contributed by atoms with van der Waals surface area (Å²) in [6.45, 7) is 3.17. The molecule has 1 saturated heterocycles. The van der Waals surface area contributed by atoms with Crippen LogP contribution in [0.5, 0.6) is 17.4 Å². The van der Waals surface area contributed by atoms with E-state index in [4.69, 9.17) is 30.5 Å². The molecular weight excluding hydrogens is 579 g/mol. The highest BCUT2D eigenvalue weighted by Crippen LogP contribution is 2.36. The van der Waals surface area contributed by atoms with Crippen LogP contribution in [0.2, 0.25) is 5.02 Å². The number of aryl methyl sites for hydroxylation is 1. The van der Waals surface area contributed by atoms with Gasteiger partial charge in [0.1, 0.15) is 23.1 Å². The van der Waals surface area contributed by atoms with Crippen molar-refractivity contribution in [2.45, 2.75) is 38.8 Å². The molecule has 1 aliphatic rings. The lowest BCUT2D eigenvalue weighted by molar-refractivity contribution is -0.137. The number of hydrogen-bond donors (Lipinski definition) is 1. The molecule has 1 N–H and O–H groups in total. The SMILES string of the molecule is COCCOc1ccc(CCCOC(=O)NS(=O)(=O)N2CCC(C)CC2)c(Oc2ncc(C(F)(F)F)cc2Cl)c1. The van der Waals surface area contributed by atoms with Crippen LogP contribution in [0, 0.1) is 5.92 Å². The van der Waals surface area contributed by atoms with Crippen LogP contribution >= 0.6 is 11.6 Å². The van der Waals surface area contributed by atoms with E-state index in [0.717, 1.165) is 0 Å². The van der Waals surface area contributed by atoms with Gasteiger partial charge >= 0.3 is 22.5 Å². The predicted molar refractivity (Wildman–Crippen MR) is 140 cm³/mol. The summed E-state index contributed by atoms with van der Waals surface area (Å²) in [4.78, 5) is 15.8. The highest BCUT2D eigenvalue weighted by atomic mass is 35.5. The standard InChI is InChI=1S/C25H31ClF3N3O7S/c1-17-7-9-32(10-8-17)40(34,35)31-24(33)38-11-3-4-18-5-6-20(37-13-12-36-2)15-22(18)39-23-21(26)14-19(16-30-23)25(27,28)29/h5-6,14-17H,3-4,7-13H2,1-2H3,(H,31,33). The lowest BCUT2D eigenvalue weighted by Gasteiger charge is -2.28. The fourth-order valence-electron chi connectivity index (χ4n) is 3.78. The van der Waals surface area contributed by atoms with E-state index >= 15 is 0 Å². The lowest BCUT2D eigenvalue weighted by Crippen LogP contribution is -2.46. The number of carbonyl (C=O) groups excluding carboxylic acids is 1. The topological polar surface area (TPSA) is 116 Å². The Kier molecular flexibility index (Phi) is 11.3. The van der Waals surface area contributed by atoms with Gasteiger partial charge in [-0.1, -0.05) is 24.6 Å². The minimum Gasteiger partial charge on any atom is -0.491 e. The summed E-state index contributed by atoms with van der Waals surface area (Å²) in [5, 5.41) is -0.337. The molecule has 0 spiro atoms. The van der Waals surface area contributed by atoms with Crippen molar-refractivity contribution < 1.29 is 45.3 Å². The molecule has 1 amide bonds. The van der Waals surface area contributed by atoms with E-state index in [-0.39, 0.29) is 36.3 Å². The van der Waals surface area contributed by atoms with Crippen LogP contribution in [-0.2, 0) is 32.3 Å². The van der Waals surface area contributed by atoms with Crippen molar-refractivity contribution in [3.63, 3.8) is 0 Å². The van der Waals surface area contributed by atoms with Crippen molar-refractivity contribution in [2.75, 3.05) is 40.0 Å². The molecule has 0 unspecified atom stereocenters. The summed E-state index contributed by atoms with van der Waals surface area (Å²) < 4.78 is 88.2. The molecule has 10 nitrogen and oxygen atoms in total. The summed E-state index contributed by atoms with van der Waals surface area (Å²) >= 11 is 6.01. The number of ether oxygens (including phenoxy) is 4. The fourth-order valence-corrected chi connectivity index (χ4v) is 5.08. The third-order valence-corrected chi connectivity index (χ3v) is 7.80. The van der Waals surface area contributed by atoms with Gasteiger partial charge < -0.3 is 18.9 Å². The fraction of sp³-hybridized carbons (Fsp3) is 0.520. The molecular formula is C25H31ClF3N3O7S. The number of alkyl halides is 3. The Morgan fingerprint density at radius 2 is 1.90 bits per heavy atom. The van der Waals surface area contributed by atoms with Gasteiger partial charge in [-0.3, -0.25) is 0 Å². The van der Waals surface area contributed by atoms with Gasteiger partial charge in [0, 0.05) is 32.5 Å². The van der Waals surface area contributed by atoms with E-state index in [0.29, 0.717) is 68.5 Å². The molecule has 1 aromatic heterocycles. The van der Waals surface area contributed by atoms with E-state index < -0.39 is 28.0 Å².